The van der Waals surface area contributed by atoms with Crippen molar-refractivity contribution in [2.75, 3.05) is 13.2 Å². The first kappa shape index (κ1) is 18.4. The van der Waals surface area contributed by atoms with E-state index in [4.69, 9.17) is 9.47 Å². The highest BCUT2D eigenvalue weighted by molar-refractivity contribution is 5.95. The van der Waals surface area contributed by atoms with Crippen molar-refractivity contribution in [2.24, 2.45) is 11.3 Å². The lowest BCUT2D eigenvalue weighted by atomic mass is 9.72. The standard InChI is InChI=1S/C19H25NO4/c1-5-15(16(21)23-13-14-9-7-6-8-10-14)18(2,3)17(22)19(4)20-11-12-24-19/h5-10,15,20H,1,11-13H2,2-4H3. The summed E-state index contributed by atoms with van der Waals surface area (Å²) in [5.74, 6) is -1.40. The Morgan fingerprint density at radius 3 is 2.62 bits per heavy atom. The van der Waals surface area contributed by atoms with E-state index in [0.29, 0.717) is 13.2 Å². The minimum atomic E-state index is -1.08. The Labute approximate surface area is 143 Å². The average Bonchev–Trinajstić information content (AvgIpc) is 3.01. The Balaban J connectivity index is 2.09. The number of hydrogen-bond acceptors (Lipinski definition) is 5. The van der Waals surface area contributed by atoms with Gasteiger partial charge in [-0.1, -0.05) is 50.3 Å². The van der Waals surface area contributed by atoms with Gasteiger partial charge in [0, 0.05) is 12.0 Å². The summed E-state index contributed by atoms with van der Waals surface area (Å²) >= 11 is 0. The van der Waals surface area contributed by atoms with Crippen LogP contribution >= 0.6 is 0 Å². The third-order valence-electron chi connectivity index (χ3n) is 4.46. The van der Waals surface area contributed by atoms with Crippen molar-refractivity contribution in [3.8, 4) is 0 Å². The van der Waals surface area contributed by atoms with Gasteiger partial charge in [-0.15, -0.1) is 6.58 Å². The zero-order valence-corrected chi connectivity index (χ0v) is 14.5. The quantitative estimate of drug-likeness (QED) is 0.614. The Morgan fingerprint density at radius 2 is 2.08 bits per heavy atom. The number of rotatable bonds is 7. The lowest BCUT2D eigenvalue weighted by molar-refractivity contribution is -0.161. The van der Waals surface area contributed by atoms with Crippen molar-refractivity contribution < 1.29 is 19.1 Å². The lowest BCUT2D eigenvalue weighted by Crippen LogP contribution is -2.54. The number of hydrogen-bond donors (Lipinski definition) is 1. The Bertz CT molecular complexity index is 603. The van der Waals surface area contributed by atoms with Crippen LogP contribution in [0.3, 0.4) is 0 Å². The van der Waals surface area contributed by atoms with Gasteiger partial charge in [0.2, 0.25) is 0 Å². The molecule has 1 fully saturated rings. The normalized spacial score (nSPS) is 22.0. The molecule has 0 aromatic heterocycles. The molecule has 1 aromatic rings. The number of carbonyl (C=O) groups is 2. The van der Waals surface area contributed by atoms with Crippen LogP contribution in [0, 0.1) is 11.3 Å². The first-order valence-corrected chi connectivity index (χ1v) is 8.08. The van der Waals surface area contributed by atoms with Gasteiger partial charge in [0.05, 0.1) is 12.5 Å². The van der Waals surface area contributed by atoms with Crippen molar-refractivity contribution in [3.05, 3.63) is 48.6 Å². The molecule has 2 unspecified atom stereocenters. The lowest BCUT2D eigenvalue weighted by Gasteiger charge is -2.35. The summed E-state index contributed by atoms with van der Waals surface area (Å²) in [6, 6.07) is 9.42. The highest BCUT2D eigenvalue weighted by atomic mass is 16.5. The van der Waals surface area contributed by atoms with Crippen molar-refractivity contribution in [1.82, 2.24) is 5.32 Å². The summed E-state index contributed by atoms with van der Waals surface area (Å²) in [5.41, 5.74) is -1.18. The number of nitrogens with one attached hydrogen (secondary N) is 1. The maximum Gasteiger partial charge on any atom is 0.314 e. The Morgan fingerprint density at radius 1 is 1.42 bits per heavy atom. The topological polar surface area (TPSA) is 64.6 Å². The maximum atomic E-state index is 12.9. The molecule has 24 heavy (non-hydrogen) atoms. The van der Waals surface area contributed by atoms with E-state index < -0.39 is 23.0 Å². The molecule has 130 valence electrons. The van der Waals surface area contributed by atoms with Crippen molar-refractivity contribution in [2.45, 2.75) is 33.1 Å². The number of benzene rings is 1. The van der Waals surface area contributed by atoms with Crippen molar-refractivity contribution in [3.63, 3.8) is 0 Å². The summed E-state index contributed by atoms with van der Waals surface area (Å²) in [4.78, 5) is 25.4. The van der Waals surface area contributed by atoms with Gasteiger partial charge in [-0.2, -0.15) is 0 Å². The molecule has 0 radical (unpaired) electrons. The van der Waals surface area contributed by atoms with E-state index in [0.717, 1.165) is 5.56 Å². The molecule has 5 heteroatoms. The van der Waals surface area contributed by atoms with Gasteiger partial charge in [-0.25, -0.2) is 0 Å². The first-order valence-electron chi connectivity index (χ1n) is 8.08. The van der Waals surface area contributed by atoms with E-state index >= 15 is 0 Å². The fourth-order valence-corrected chi connectivity index (χ4v) is 3.00. The predicted octanol–water partition coefficient (Wildman–Crippen LogP) is 2.46. The van der Waals surface area contributed by atoms with Gasteiger partial charge in [0.15, 0.2) is 11.5 Å². The van der Waals surface area contributed by atoms with Gasteiger partial charge < -0.3 is 9.47 Å². The molecule has 1 aliphatic heterocycles. The SMILES string of the molecule is C=CC(C(=O)OCc1ccccc1)C(C)(C)C(=O)C1(C)NCCO1. The van der Waals surface area contributed by atoms with E-state index in [1.54, 1.807) is 20.8 Å². The smallest absolute Gasteiger partial charge is 0.314 e. The van der Waals surface area contributed by atoms with E-state index in [1.807, 2.05) is 30.3 Å². The van der Waals surface area contributed by atoms with Crippen LogP contribution in [-0.2, 0) is 25.7 Å². The molecule has 0 amide bonds. The van der Waals surface area contributed by atoms with E-state index in [-0.39, 0.29) is 12.4 Å². The van der Waals surface area contributed by atoms with Crippen LogP contribution in [0.1, 0.15) is 26.3 Å². The summed E-state index contributed by atoms with van der Waals surface area (Å²) in [6.07, 6.45) is 1.48. The monoisotopic (exact) mass is 331 g/mol. The molecule has 1 heterocycles. The average molecular weight is 331 g/mol. The molecule has 1 saturated heterocycles. The fraction of sp³-hybridized carbons (Fsp3) is 0.474. The van der Waals surface area contributed by atoms with E-state index in [1.165, 1.54) is 6.08 Å². The van der Waals surface area contributed by atoms with Gasteiger partial charge in [0.1, 0.15) is 6.61 Å². The number of ketones is 1. The Hall–Kier alpha value is -1.98. The molecule has 2 atom stereocenters. The number of carbonyl (C=O) groups excluding carboxylic acids is 2. The molecular formula is C19H25NO4. The fourth-order valence-electron chi connectivity index (χ4n) is 3.00. The number of esters is 1. The van der Waals surface area contributed by atoms with Crippen molar-refractivity contribution in [1.29, 1.82) is 0 Å². The molecule has 1 aliphatic rings. The van der Waals surface area contributed by atoms with Gasteiger partial charge in [0.25, 0.3) is 0 Å². The van der Waals surface area contributed by atoms with Crippen LogP contribution in [-0.4, -0.2) is 30.6 Å². The number of Topliss-reactive ketones (excluding diaryl/α,β-unsaturated/α-hetero) is 1. The molecule has 0 spiro atoms. The second kappa shape index (κ2) is 7.28. The second-order valence-corrected chi connectivity index (χ2v) is 6.67. The minimum absolute atomic E-state index is 0.167. The summed E-state index contributed by atoms with van der Waals surface area (Å²) in [6.45, 7) is 10.1. The predicted molar refractivity (Wildman–Crippen MR) is 91.1 cm³/mol. The molecule has 0 saturated carbocycles. The molecular weight excluding hydrogens is 306 g/mol. The zero-order valence-electron chi connectivity index (χ0n) is 14.5. The highest BCUT2D eigenvalue weighted by Crippen LogP contribution is 2.35. The van der Waals surface area contributed by atoms with E-state index in [9.17, 15) is 9.59 Å². The third kappa shape index (κ3) is 3.74. The summed E-state index contributed by atoms with van der Waals surface area (Å²) in [7, 11) is 0. The van der Waals surface area contributed by atoms with Crippen LogP contribution in [0.4, 0.5) is 0 Å². The molecule has 0 bridgehead atoms. The second-order valence-electron chi connectivity index (χ2n) is 6.67. The van der Waals surface area contributed by atoms with Crippen molar-refractivity contribution >= 4 is 11.8 Å². The minimum Gasteiger partial charge on any atom is -0.460 e. The Kier molecular flexibility index (Phi) is 5.57. The third-order valence-corrected chi connectivity index (χ3v) is 4.46. The van der Waals surface area contributed by atoms with Gasteiger partial charge in [-0.05, 0) is 12.5 Å². The first-order chi connectivity index (χ1) is 11.3. The number of ether oxygens (including phenoxy) is 2. The van der Waals surface area contributed by atoms with Crippen LogP contribution in [0.2, 0.25) is 0 Å². The molecule has 0 aliphatic carbocycles. The summed E-state index contributed by atoms with van der Waals surface area (Å²) < 4.78 is 10.9. The van der Waals surface area contributed by atoms with Crippen LogP contribution in [0.15, 0.2) is 43.0 Å². The van der Waals surface area contributed by atoms with Crippen LogP contribution < -0.4 is 5.32 Å². The molecule has 1 aromatic carbocycles. The van der Waals surface area contributed by atoms with Gasteiger partial charge >= 0.3 is 5.97 Å². The van der Waals surface area contributed by atoms with Crippen LogP contribution in [0.5, 0.6) is 0 Å². The van der Waals surface area contributed by atoms with E-state index in [2.05, 4.69) is 11.9 Å². The molecule has 5 nitrogen and oxygen atoms in total. The molecule has 2 rings (SSSR count). The molecule has 1 N–H and O–H groups in total. The largest absolute Gasteiger partial charge is 0.460 e. The van der Waals surface area contributed by atoms with Gasteiger partial charge in [-0.3, -0.25) is 14.9 Å². The zero-order chi connectivity index (χ0) is 17.8. The maximum absolute atomic E-state index is 12.9. The highest BCUT2D eigenvalue weighted by Gasteiger charge is 2.50. The summed E-state index contributed by atoms with van der Waals surface area (Å²) in [5, 5.41) is 3.06. The van der Waals surface area contributed by atoms with Crippen LogP contribution in [0.25, 0.3) is 0 Å².